The lowest BCUT2D eigenvalue weighted by Gasteiger charge is -2.10. The number of hydrogen-bond acceptors (Lipinski definition) is 5. The number of benzene rings is 1. The van der Waals surface area contributed by atoms with Crippen molar-refractivity contribution in [3.8, 4) is 11.6 Å². The van der Waals surface area contributed by atoms with Crippen LogP contribution in [0.25, 0.3) is 0 Å². The maximum atomic E-state index is 14.1. The molecular weight excluding hydrogens is 441 g/mol. The Morgan fingerprint density at radius 3 is 2.45 bits per heavy atom. The molecule has 0 aliphatic heterocycles. The van der Waals surface area contributed by atoms with Gasteiger partial charge in [-0.15, -0.1) is 24.8 Å². The topological polar surface area (TPSA) is 72.5 Å². The van der Waals surface area contributed by atoms with Gasteiger partial charge in [-0.1, -0.05) is 0 Å². The third-order valence-corrected chi connectivity index (χ3v) is 3.26. The Hall–Kier alpha value is -2.14. The van der Waals surface area contributed by atoms with E-state index in [0.717, 1.165) is 18.2 Å². The van der Waals surface area contributed by atoms with Crippen LogP contribution in [-0.4, -0.2) is 37.7 Å². The molecule has 2 aromatic rings. The predicted molar refractivity (Wildman–Crippen MR) is 104 cm³/mol. The number of alkyl halides is 3. The maximum absolute atomic E-state index is 14.1. The lowest BCUT2D eigenvalue weighted by molar-refractivity contribution is -0.137. The number of carbonyl (C=O) groups excluding carboxylic acids is 1. The van der Waals surface area contributed by atoms with Gasteiger partial charge in [0.1, 0.15) is 0 Å². The number of halogens is 6. The highest BCUT2D eigenvalue weighted by atomic mass is 35.5. The van der Waals surface area contributed by atoms with Gasteiger partial charge >= 0.3 is 6.18 Å². The van der Waals surface area contributed by atoms with Crippen molar-refractivity contribution in [3.63, 3.8) is 0 Å². The zero-order chi connectivity index (χ0) is 19.9. The number of rotatable bonds is 8. The lowest BCUT2D eigenvalue weighted by atomic mass is 10.2. The number of ether oxygens (including phenoxy) is 2. The van der Waals surface area contributed by atoms with E-state index >= 15 is 0 Å². The molecule has 2 rings (SSSR count). The fourth-order valence-electron chi connectivity index (χ4n) is 1.96. The van der Waals surface area contributed by atoms with E-state index in [1.54, 1.807) is 0 Å². The van der Waals surface area contributed by atoms with Crippen molar-refractivity contribution in [1.29, 1.82) is 0 Å². The molecule has 0 saturated carbocycles. The molecule has 162 valence electrons. The summed E-state index contributed by atoms with van der Waals surface area (Å²) < 4.78 is 61.5. The van der Waals surface area contributed by atoms with E-state index in [1.807, 2.05) is 0 Å². The molecule has 0 aliphatic carbocycles. The number of aromatic nitrogens is 1. The Kier molecular flexibility index (Phi) is 11.5. The van der Waals surface area contributed by atoms with Crippen molar-refractivity contribution in [3.05, 3.63) is 47.9 Å². The van der Waals surface area contributed by atoms with Crippen LogP contribution in [0.15, 0.2) is 36.5 Å². The minimum Gasteiger partial charge on any atom is -0.436 e. The summed E-state index contributed by atoms with van der Waals surface area (Å²) in [6.45, 7) is 0.968. The molecular formula is C17H19Cl2F4N3O3. The van der Waals surface area contributed by atoms with Crippen LogP contribution in [0.2, 0.25) is 0 Å². The van der Waals surface area contributed by atoms with Crippen LogP contribution in [0.1, 0.15) is 5.56 Å². The average Bonchev–Trinajstić information content (AvgIpc) is 2.61. The summed E-state index contributed by atoms with van der Waals surface area (Å²) in [6, 6.07) is 5.44. The monoisotopic (exact) mass is 459 g/mol. The van der Waals surface area contributed by atoms with Gasteiger partial charge in [-0.2, -0.15) is 13.2 Å². The highest BCUT2D eigenvalue weighted by molar-refractivity contribution is 5.92. The molecule has 0 atom stereocenters. The molecule has 0 bridgehead atoms. The number of nitrogens with zero attached hydrogens (tertiary/aromatic N) is 1. The minimum atomic E-state index is -4.52. The molecule has 29 heavy (non-hydrogen) atoms. The van der Waals surface area contributed by atoms with Crippen molar-refractivity contribution in [2.75, 3.05) is 32.1 Å². The summed E-state index contributed by atoms with van der Waals surface area (Å²) in [5.74, 6) is -1.61. The molecule has 2 N–H and O–H groups in total. The molecule has 0 spiro atoms. The molecule has 1 aromatic heterocycles. The second-order valence-corrected chi connectivity index (χ2v) is 5.35. The molecule has 12 heteroatoms. The lowest BCUT2D eigenvalue weighted by Crippen LogP contribution is -2.30. The van der Waals surface area contributed by atoms with Crippen LogP contribution >= 0.6 is 24.8 Å². The first-order valence-corrected chi connectivity index (χ1v) is 7.80. The molecule has 1 heterocycles. The Morgan fingerprint density at radius 1 is 1.17 bits per heavy atom. The van der Waals surface area contributed by atoms with Gasteiger partial charge < -0.3 is 20.1 Å². The molecule has 6 nitrogen and oxygen atoms in total. The SMILES string of the molecule is COCCNCC(=O)Nc1ccc(Oc2ccc(C(F)(F)F)cn2)c(F)c1.Cl.Cl. The van der Waals surface area contributed by atoms with Gasteiger partial charge in [0.2, 0.25) is 11.8 Å². The van der Waals surface area contributed by atoms with Gasteiger partial charge in [-0.3, -0.25) is 4.79 Å². The van der Waals surface area contributed by atoms with Gasteiger partial charge in [0.15, 0.2) is 11.6 Å². The van der Waals surface area contributed by atoms with Crippen LogP contribution in [-0.2, 0) is 15.7 Å². The van der Waals surface area contributed by atoms with Crippen LogP contribution < -0.4 is 15.4 Å². The van der Waals surface area contributed by atoms with Crippen LogP contribution in [0.4, 0.5) is 23.2 Å². The maximum Gasteiger partial charge on any atom is 0.417 e. The largest absolute Gasteiger partial charge is 0.436 e. The van der Waals surface area contributed by atoms with E-state index in [0.29, 0.717) is 19.3 Å². The molecule has 0 saturated heterocycles. The van der Waals surface area contributed by atoms with Crippen LogP contribution in [0, 0.1) is 5.82 Å². The van der Waals surface area contributed by atoms with Crippen molar-refractivity contribution in [1.82, 2.24) is 10.3 Å². The summed E-state index contributed by atoms with van der Waals surface area (Å²) >= 11 is 0. The summed E-state index contributed by atoms with van der Waals surface area (Å²) in [4.78, 5) is 15.2. The second-order valence-electron chi connectivity index (χ2n) is 5.35. The summed E-state index contributed by atoms with van der Waals surface area (Å²) in [6.07, 6.45) is -3.92. The quantitative estimate of drug-likeness (QED) is 0.460. The Morgan fingerprint density at radius 2 is 1.90 bits per heavy atom. The normalized spacial score (nSPS) is 10.5. The number of nitrogens with one attached hydrogen (secondary N) is 2. The van der Waals surface area contributed by atoms with E-state index in [2.05, 4.69) is 15.6 Å². The Bertz CT molecular complexity index is 778. The van der Waals surface area contributed by atoms with E-state index < -0.39 is 17.6 Å². The van der Waals surface area contributed by atoms with Crippen molar-refractivity contribution < 1.29 is 31.8 Å². The Balaban J connectivity index is 0.00000392. The van der Waals surface area contributed by atoms with Gasteiger partial charge in [0, 0.05) is 37.7 Å². The molecule has 0 fully saturated rings. The first-order valence-electron chi connectivity index (χ1n) is 7.80. The number of pyridine rings is 1. The van der Waals surface area contributed by atoms with Gasteiger partial charge in [-0.25, -0.2) is 9.37 Å². The number of amides is 1. The number of anilines is 1. The summed E-state index contributed by atoms with van der Waals surface area (Å²) in [7, 11) is 1.54. The number of hydrogen-bond donors (Lipinski definition) is 2. The van der Waals surface area contributed by atoms with Gasteiger partial charge in [0.25, 0.3) is 0 Å². The van der Waals surface area contributed by atoms with Crippen molar-refractivity contribution in [2.24, 2.45) is 0 Å². The van der Waals surface area contributed by atoms with Gasteiger partial charge in [0.05, 0.1) is 18.7 Å². The van der Waals surface area contributed by atoms with E-state index in [-0.39, 0.29) is 54.6 Å². The summed E-state index contributed by atoms with van der Waals surface area (Å²) in [5, 5.41) is 5.33. The minimum absolute atomic E-state index is 0. The third kappa shape index (κ3) is 8.82. The fourth-order valence-corrected chi connectivity index (χ4v) is 1.96. The van der Waals surface area contributed by atoms with Crippen molar-refractivity contribution in [2.45, 2.75) is 6.18 Å². The molecule has 1 aromatic carbocycles. The molecule has 0 radical (unpaired) electrons. The standard InChI is InChI=1S/C17H17F4N3O3.2ClH/c1-26-7-6-22-10-15(25)24-12-3-4-14(13(18)8-12)27-16-5-2-11(9-23-16)17(19,20)21;;/h2-5,8-9,22H,6-7,10H2,1H3,(H,24,25);2*1H. The average molecular weight is 460 g/mol. The number of methoxy groups -OCH3 is 1. The molecule has 0 unspecified atom stereocenters. The van der Waals surface area contributed by atoms with E-state index in [4.69, 9.17) is 9.47 Å². The van der Waals surface area contributed by atoms with Crippen molar-refractivity contribution >= 4 is 36.4 Å². The van der Waals surface area contributed by atoms with Crippen LogP contribution in [0.5, 0.6) is 11.6 Å². The van der Waals surface area contributed by atoms with Gasteiger partial charge in [-0.05, 0) is 18.2 Å². The Labute approximate surface area is 176 Å². The highest BCUT2D eigenvalue weighted by Gasteiger charge is 2.30. The molecule has 0 aliphatic rings. The number of carbonyl (C=O) groups is 1. The van der Waals surface area contributed by atoms with E-state index in [1.165, 1.54) is 19.2 Å². The smallest absolute Gasteiger partial charge is 0.417 e. The molecule has 1 amide bonds. The highest BCUT2D eigenvalue weighted by Crippen LogP contribution is 2.30. The second kappa shape index (κ2) is 12.4. The first kappa shape index (κ1) is 26.9. The van der Waals surface area contributed by atoms with Crippen LogP contribution in [0.3, 0.4) is 0 Å². The van der Waals surface area contributed by atoms with E-state index in [9.17, 15) is 22.4 Å². The summed E-state index contributed by atoms with van der Waals surface area (Å²) in [5.41, 5.74) is -0.730. The zero-order valence-electron chi connectivity index (χ0n) is 15.1. The third-order valence-electron chi connectivity index (χ3n) is 3.26. The fraction of sp³-hybridized carbons (Fsp3) is 0.294. The zero-order valence-corrected chi connectivity index (χ0v) is 16.7. The first-order chi connectivity index (χ1) is 12.8. The predicted octanol–water partition coefficient (Wildman–Crippen LogP) is 4.05.